The van der Waals surface area contributed by atoms with E-state index in [9.17, 15) is 83.0 Å². The number of nitrogens with zero attached hydrogens (tertiary/aromatic N) is 10. The van der Waals surface area contributed by atoms with Gasteiger partial charge in [0.1, 0.15) is 73.2 Å². The lowest BCUT2D eigenvalue weighted by Crippen LogP contribution is -2.39. The van der Waals surface area contributed by atoms with Crippen molar-refractivity contribution in [2.45, 2.75) is 98.2 Å². The second kappa shape index (κ2) is 23.0. The summed E-state index contributed by atoms with van der Waals surface area (Å²) in [6, 6.07) is 0.888. The topological polar surface area (TPSA) is 649 Å². The van der Waals surface area contributed by atoms with Crippen LogP contribution in [0.2, 0.25) is 0 Å². The third kappa shape index (κ3) is 11.6. The Balaban J connectivity index is 0.826. The number of nitrogens with one attached hydrogen (secondary N) is 4. The van der Waals surface area contributed by atoms with Crippen LogP contribution < -0.4 is 45.1 Å². The number of imidazole rings is 3. The second-order valence-electron chi connectivity index (χ2n) is 19.2. The van der Waals surface area contributed by atoms with E-state index in [2.05, 4.69) is 44.9 Å². The Bertz CT molecular complexity index is 4190. The largest absolute Gasteiger partial charge is 0.472 e. The quantitative estimate of drug-likeness (QED) is 0.0315. The smallest absolute Gasteiger partial charge is 0.394 e. The van der Waals surface area contributed by atoms with Gasteiger partial charge in [0.25, 0.3) is 22.2 Å². The van der Waals surface area contributed by atoms with Crippen molar-refractivity contribution in [1.82, 2.24) is 68.1 Å². The van der Waals surface area contributed by atoms with Crippen LogP contribution in [0, 0.1) is 0 Å². The highest BCUT2D eigenvalue weighted by atomic mass is 31.2. The molecule has 0 aliphatic carbocycles. The lowest BCUT2D eigenvalue weighted by atomic mass is 10.1. The third-order valence-corrected chi connectivity index (χ3v) is 16.7. The molecule has 11 rings (SSSR count). The van der Waals surface area contributed by atoms with Crippen molar-refractivity contribution < 1.29 is 105 Å². The maximum absolute atomic E-state index is 14.1. The lowest BCUT2D eigenvalue weighted by molar-refractivity contribution is -0.0635. The average Bonchev–Trinajstić information content (AvgIpc) is 1.78. The van der Waals surface area contributed by atoms with Crippen molar-refractivity contribution in [2.24, 2.45) is 0 Å². The molecule has 3 unspecified atom stereocenters. The summed E-state index contributed by atoms with van der Waals surface area (Å²) in [6.07, 6.45) is -26.8. The molecule has 0 radical (unpaired) electrons. The minimum Gasteiger partial charge on any atom is -0.394 e. The number of hydrogen-bond acceptors (Lipinski definition) is 33. The molecule has 0 spiro atoms. The summed E-state index contributed by atoms with van der Waals surface area (Å²) in [5.74, 6) is -1.24. The summed E-state index contributed by atoms with van der Waals surface area (Å²) >= 11 is 0. The van der Waals surface area contributed by atoms with E-state index in [1.54, 1.807) is 0 Å². The van der Waals surface area contributed by atoms with Gasteiger partial charge in [-0.15, -0.1) is 0 Å². The predicted octanol–water partition coefficient (Wildman–Crippen LogP) is -7.42. The summed E-state index contributed by atoms with van der Waals surface area (Å²) in [7, 11) is -16.9. The summed E-state index contributed by atoms with van der Waals surface area (Å²) in [5, 5.41) is 66.5. The Morgan fingerprint density at radius 1 is 0.488 bits per heavy atom. The van der Waals surface area contributed by atoms with Crippen molar-refractivity contribution in [2.75, 3.05) is 43.6 Å². The fourth-order valence-corrected chi connectivity index (χ4v) is 12.7. The molecule has 7 aromatic rings. The number of phosphoric ester groups is 3. The molecule has 4 aliphatic heterocycles. The number of hydrogen-bond donors (Lipinski definition) is 16. The SMILES string of the molecule is Nc1nc2c(ncn2[C@@H]2O[C@H](COP(=O)(O)O[C@H]3[C@@H](O)[C@H](n4cnc5c(=O)[nH]c(N)nc54)O[C@@H]3COP(=O)(O)O[C@H]3[C@@H](O)[C@H](n4cnc5c(=O)[nH]c(N)nc54)O[C@@H]3COP(=O)(O)O[C@H]3[C@@H](O)[C@H](n4ccc(=O)[nH]c4=O)O[C@@H]3CO)[C@@H](O)[C@H]2O)c(=O)[nH]1. The molecule has 47 heteroatoms. The van der Waals surface area contributed by atoms with E-state index >= 15 is 0 Å². The first-order valence-corrected chi connectivity index (χ1v) is 29.2. The number of aliphatic hydroxyl groups excluding tert-OH is 6. The standard InChI is InChI=1S/C39H48N17O27P3/c40-36-47-26-15(29(64)50-36)43-7-54(26)32-19(60)18(59)11(78-32)4-74-84(68,69)82-24-13(80-34(21(24)62)55-8-44-16-27(55)48-37(41)51-30(16)65)6-76-86(72,73)83-25-12(79-35(22(25)63)56-9-45-17-28(56)49-38(42)52-31(17)66)5-75-85(70,71)81-23-10(3-57)77-33(20(23)61)53-2-1-14(58)46-39(53)67/h1-2,7-13,18-25,32-35,57,59-63H,3-6H2,(H,68,69)(H,70,71)(H,72,73)(H,46,58,67)(H3,40,47,50,64)(H3,41,48,51,65)(H3,42,49,52,66)/t10-,11-,12-,13-,18-,19-,20-,21-,22-,23-,24-,25-,32-,33-,34-,35-/m1/s1. The van der Waals surface area contributed by atoms with Crippen LogP contribution in [0.5, 0.6) is 0 Å². The molecule has 19 N–H and O–H groups in total. The Kier molecular flexibility index (Phi) is 16.2. The highest BCUT2D eigenvalue weighted by molar-refractivity contribution is 7.48. The van der Waals surface area contributed by atoms with Gasteiger partial charge in [0, 0.05) is 12.3 Å². The molecule has 4 aliphatic rings. The molecule has 7 aromatic heterocycles. The Morgan fingerprint density at radius 2 is 0.826 bits per heavy atom. The van der Waals surface area contributed by atoms with Gasteiger partial charge < -0.3 is 81.5 Å². The highest BCUT2D eigenvalue weighted by Crippen LogP contribution is 2.54. The number of ether oxygens (including phenoxy) is 4. The van der Waals surface area contributed by atoms with E-state index in [1.165, 1.54) is 0 Å². The van der Waals surface area contributed by atoms with E-state index in [1.807, 2.05) is 4.98 Å². The minimum atomic E-state index is -5.79. The molecule has 466 valence electrons. The molecule has 4 fully saturated rings. The van der Waals surface area contributed by atoms with E-state index in [0.29, 0.717) is 4.57 Å². The van der Waals surface area contributed by atoms with Crippen molar-refractivity contribution in [1.29, 1.82) is 0 Å². The molecule has 44 nitrogen and oxygen atoms in total. The van der Waals surface area contributed by atoms with Crippen molar-refractivity contribution in [3.05, 3.63) is 83.1 Å². The van der Waals surface area contributed by atoms with E-state index in [-0.39, 0.29) is 39.4 Å². The molecular weight excluding hydrogens is 1230 g/mol. The van der Waals surface area contributed by atoms with Crippen LogP contribution in [0.25, 0.3) is 33.5 Å². The van der Waals surface area contributed by atoms with Crippen LogP contribution in [0.15, 0.2) is 55.2 Å². The lowest BCUT2D eigenvalue weighted by Gasteiger charge is -2.26. The van der Waals surface area contributed by atoms with Gasteiger partial charge in [-0.1, -0.05) is 0 Å². The first kappa shape index (κ1) is 60.7. The van der Waals surface area contributed by atoms with Crippen molar-refractivity contribution in [3.63, 3.8) is 0 Å². The Hall–Kier alpha value is -6.94. The van der Waals surface area contributed by atoms with Crippen molar-refractivity contribution in [3.8, 4) is 0 Å². The number of aromatic nitrogens is 14. The Labute approximate surface area is 472 Å². The molecule has 86 heavy (non-hydrogen) atoms. The minimum absolute atomic E-state index is 0.182. The third-order valence-electron chi connectivity index (χ3n) is 13.7. The van der Waals surface area contributed by atoms with Gasteiger partial charge >= 0.3 is 29.2 Å². The molecule has 19 atom stereocenters. The molecule has 0 aromatic carbocycles. The van der Waals surface area contributed by atoms with E-state index in [0.717, 1.165) is 44.9 Å². The van der Waals surface area contributed by atoms with Gasteiger partial charge in [0.05, 0.1) is 45.4 Å². The van der Waals surface area contributed by atoms with Crippen LogP contribution in [0.1, 0.15) is 24.9 Å². The zero-order valence-electron chi connectivity index (χ0n) is 42.9. The highest BCUT2D eigenvalue weighted by Gasteiger charge is 2.55. The number of fused-ring (bicyclic) bond motifs is 3. The maximum atomic E-state index is 14.1. The Morgan fingerprint density at radius 3 is 1.21 bits per heavy atom. The number of rotatable bonds is 20. The monoisotopic (exact) mass is 1280 g/mol. The maximum Gasteiger partial charge on any atom is 0.472 e. The van der Waals surface area contributed by atoms with Gasteiger partial charge in [0.2, 0.25) is 17.8 Å². The van der Waals surface area contributed by atoms with Gasteiger partial charge in [-0.05, 0) is 0 Å². The summed E-state index contributed by atoms with van der Waals surface area (Å²) in [4.78, 5) is 128. The fraction of sp³-hybridized carbons (Fsp3) is 0.513. The van der Waals surface area contributed by atoms with Crippen LogP contribution in [-0.2, 0) is 59.8 Å². The fourth-order valence-electron chi connectivity index (χ4n) is 9.82. The number of nitrogens with two attached hydrogens (primary N) is 3. The number of phosphoric acid groups is 3. The predicted molar refractivity (Wildman–Crippen MR) is 274 cm³/mol. The first-order valence-electron chi connectivity index (χ1n) is 24.7. The van der Waals surface area contributed by atoms with Crippen LogP contribution in [0.3, 0.4) is 0 Å². The van der Waals surface area contributed by atoms with Crippen LogP contribution >= 0.6 is 23.5 Å². The van der Waals surface area contributed by atoms with Gasteiger partial charge in [-0.2, -0.15) is 15.0 Å². The summed E-state index contributed by atoms with van der Waals surface area (Å²) < 4.78 is 99.6. The zero-order chi connectivity index (χ0) is 61.6. The first-order chi connectivity index (χ1) is 40.6. The molecule has 0 amide bonds. The summed E-state index contributed by atoms with van der Waals surface area (Å²) in [6.45, 7) is -4.58. The van der Waals surface area contributed by atoms with Gasteiger partial charge in [-0.25, -0.2) is 33.4 Å². The van der Waals surface area contributed by atoms with E-state index < -0.39 is 188 Å². The van der Waals surface area contributed by atoms with Gasteiger partial charge in [0.15, 0.2) is 58.4 Å². The molecule has 11 heterocycles. The number of nitrogen functional groups attached to an aromatic ring is 3. The number of anilines is 3. The average molecular weight is 1280 g/mol. The summed E-state index contributed by atoms with van der Waals surface area (Å²) in [5.41, 5.74) is 11.0. The number of H-pyrrole nitrogens is 4. The normalized spacial score (nSPS) is 31.7. The molecular formula is C39H48N17O27P3. The van der Waals surface area contributed by atoms with Gasteiger partial charge in [-0.3, -0.25) is 84.5 Å². The van der Waals surface area contributed by atoms with Crippen LogP contribution in [-0.4, -0.2) is 213 Å². The zero-order valence-corrected chi connectivity index (χ0v) is 45.6. The van der Waals surface area contributed by atoms with Crippen LogP contribution in [0.4, 0.5) is 17.8 Å². The molecule has 0 bridgehead atoms. The number of aromatic amines is 4. The number of aliphatic hydroxyl groups is 6. The van der Waals surface area contributed by atoms with E-state index in [4.69, 9.17) is 63.3 Å². The second-order valence-corrected chi connectivity index (χ2v) is 23.5. The molecule has 0 saturated carbocycles. The molecule has 4 saturated heterocycles. The van der Waals surface area contributed by atoms with Crippen molar-refractivity contribution >= 4 is 74.8 Å².